The van der Waals surface area contributed by atoms with Crippen molar-refractivity contribution in [2.75, 3.05) is 40.0 Å². The van der Waals surface area contributed by atoms with Crippen LogP contribution in [0.1, 0.15) is 28.3 Å². The van der Waals surface area contributed by atoms with E-state index in [4.69, 9.17) is 13.9 Å². The predicted molar refractivity (Wildman–Crippen MR) is 74.9 cm³/mol. The van der Waals surface area contributed by atoms with Gasteiger partial charge in [0, 0.05) is 26.1 Å². The molecule has 0 saturated carbocycles. The Hall–Kier alpha value is -1.33. The molecule has 1 fully saturated rings. The second kappa shape index (κ2) is 6.90. The van der Waals surface area contributed by atoms with E-state index in [1.165, 1.54) is 0 Å². The second-order valence-corrected chi connectivity index (χ2v) is 5.30. The van der Waals surface area contributed by atoms with Gasteiger partial charge in [-0.25, -0.2) is 0 Å². The lowest BCUT2D eigenvalue weighted by Crippen LogP contribution is -2.29. The topological polar surface area (TPSA) is 51.9 Å². The van der Waals surface area contributed by atoms with E-state index in [-0.39, 0.29) is 5.91 Å². The van der Waals surface area contributed by atoms with Crippen LogP contribution in [0.25, 0.3) is 0 Å². The van der Waals surface area contributed by atoms with Crippen LogP contribution in [0.4, 0.5) is 0 Å². The lowest BCUT2D eigenvalue weighted by molar-refractivity contribution is 0.0515. The van der Waals surface area contributed by atoms with Crippen molar-refractivity contribution in [2.45, 2.75) is 20.3 Å². The van der Waals surface area contributed by atoms with Gasteiger partial charge in [-0.05, 0) is 26.3 Å². The first-order chi connectivity index (χ1) is 9.61. The van der Waals surface area contributed by atoms with Crippen LogP contribution in [0.15, 0.2) is 10.5 Å². The van der Waals surface area contributed by atoms with E-state index in [2.05, 4.69) is 0 Å². The summed E-state index contributed by atoms with van der Waals surface area (Å²) in [6.45, 7) is 7.17. The highest BCUT2D eigenvalue weighted by Gasteiger charge is 2.28. The number of rotatable bonds is 6. The third-order valence-electron chi connectivity index (χ3n) is 3.63. The van der Waals surface area contributed by atoms with Crippen molar-refractivity contribution in [2.24, 2.45) is 5.92 Å². The molecule has 1 aliphatic heterocycles. The summed E-state index contributed by atoms with van der Waals surface area (Å²) in [6, 6.07) is 1.82. The Bertz CT molecular complexity index is 455. The van der Waals surface area contributed by atoms with E-state index in [9.17, 15) is 4.79 Å². The minimum absolute atomic E-state index is 0.0683. The standard InChI is InChI=1S/C15H23NO4/c1-11-8-14(12(2)20-11)15(17)16-5-4-13(9-16)10-19-7-6-18-3/h8,13H,4-7,9-10H2,1-3H3/t13-/m1/s1. The number of nitrogens with zero attached hydrogens (tertiary/aromatic N) is 1. The van der Waals surface area contributed by atoms with Crippen LogP contribution in [-0.2, 0) is 9.47 Å². The van der Waals surface area contributed by atoms with Crippen molar-refractivity contribution in [1.29, 1.82) is 0 Å². The summed E-state index contributed by atoms with van der Waals surface area (Å²) in [5.41, 5.74) is 0.684. The highest BCUT2D eigenvalue weighted by molar-refractivity contribution is 5.95. The van der Waals surface area contributed by atoms with Gasteiger partial charge < -0.3 is 18.8 Å². The summed E-state index contributed by atoms with van der Waals surface area (Å²) in [6.07, 6.45) is 0.995. The van der Waals surface area contributed by atoms with E-state index in [0.29, 0.717) is 37.1 Å². The predicted octanol–water partition coefficient (Wildman–Crippen LogP) is 2.02. The van der Waals surface area contributed by atoms with Crippen LogP contribution in [0.5, 0.6) is 0 Å². The molecule has 1 aromatic heterocycles. The molecule has 0 radical (unpaired) electrons. The number of hydrogen-bond donors (Lipinski definition) is 0. The third kappa shape index (κ3) is 3.61. The second-order valence-electron chi connectivity index (χ2n) is 5.30. The van der Waals surface area contributed by atoms with Gasteiger partial charge in [-0.2, -0.15) is 0 Å². The normalized spacial score (nSPS) is 18.8. The van der Waals surface area contributed by atoms with Crippen molar-refractivity contribution in [1.82, 2.24) is 4.90 Å². The average Bonchev–Trinajstić information content (AvgIpc) is 3.01. The van der Waals surface area contributed by atoms with Crippen LogP contribution < -0.4 is 0 Å². The van der Waals surface area contributed by atoms with E-state index in [1.54, 1.807) is 7.11 Å². The fraction of sp³-hybridized carbons (Fsp3) is 0.667. The number of ether oxygens (including phenoxy) is 2. The van der Waals surface area contributed by atoms with E-state index >= 15 is 0 Å². The molecule has 2 rings (SSSR count). The van der Waals surface area contributed by atoms with Crippen molar-refractivity contribution in [3.05, 3.63) is 23.2 Å². The van der Waals surface area contributed by atoms with Gasteiger partial charge >= 0.3 is 0 Å². The van der Waals surface area contributed by atoms with Crippen molar-refractivity contribution in [3.63, 3.8) is 0 Å². The van der Waals surface area contributed by atoms with Gasteiger partial charge in [0.1, 0.15) is 11.5 Å². The van der Waals surface area contributed by atoms with Crippen LogP contribution in [-0.4, -0.2) is 50.8 Å². The van der Waals surface area contributed by atoms with Crippen molar-refractivity contribution in [3.8, 4) is 0 Å². The van der Waals surface area contributed by atoms with Crippen LogP contribution in [0.3, 0.4) is 0 Å². The molecule has 0 aliphatic carbocycles. The number of likely N-dealkylation sites (tertiary alicyclic amines) is 1. The zero-order valence-electron chi connectivity index (χ0n) is 12.5. The molecule has 112 valence electrons. The van der Waals surface area contributed by atoms with Crippen LogP contribution in [0.2, 0.25) is 0 Å². The Morgan fingerprint density at radius 2 is 2.25 bits per heavy atom. The molecule has 1 saturated heterocycles. The molecular weight excluding hydrogens is 258 g/mol. The van der Waals surface area contributed by atoms with Crippen molar-refractivity contribution >= 4 is 5.91 Å². The summed E-state index contributed by atoms with van der Waals surface area (Å²) in [5.74, 6) is 1.97. The Morgan fingerprint density at radius 3 is 2.90 bits per heavy atom. The molecule has 1 atom stereocenters. The Labute approximate surface area is 119 Å². The third-order valence-corrected chi connectivity index (χ3v) is 3.63. The first kappa shape index (κ1) is 15.1. The van der Waals surface area contributed by atoms with Gasteiger partial charge in [0.25, 0.3) is 5.91 Å². The average molecular weight is 281 g/mol. The lowest BCUT2D eigenvalue weighted by Gasteiger charge is -2.16. The fourth-order valence-corrected chi connectivity index (χ4v) is 2.56. The molecule has 5 heteroatoms. The molecule has 0 N–H and O–H groups in total. The monoisotopic (exact) mass is 281 g/mol. The molecule has 5 nitrogen and oxygen atoms in total. The zero-order valence-corrected chi connectivity index (χ0v) is 12.5. The van der Waals surface area contributed by atoms with Crippen LogP contribution >= 0.6 is 0 Å². The number of hydrogen-bond acceptors (Lipinski definition) is 4. The molecular formula is C15H23NO4. The van der Waals surface area contributed by atoms with Gasteiger partial charge in [0.05, 0.1) is 25.4 Å². The molecule has 0 bridgehead atoms. The number of carbonyl (C=O) groups is 1. The fourth-order valence-electron chi connectivity index (χ4n) is 2.56. The molecule has 0 aromatic carbocycles. The van der Waals surface area contributed by atoms with Gasteiger partial charge in [-0.3, -0.25) is 4.79 Å². The molecule has 0 spiro atoms. The van der Waals surface area contributed by atoms with E-state index in [1.807, 2.05) is 24.8 Å². The van der Waals surface area contributed by atoms with Gasteiger partial charge in [0.2, 0.25) is 0 Å². The highest BCUT2D eigenvalue weighted by atomic mass is 16.5. The molecule has 2 heterocycles. The number of aryl methyl sites for hydroxylation is 2. The van der Waals surface area contributed by atoms with Crippen molar-refractivity contribution < 1.29 is 18.7 Å². The first-order valence-electron chi connectivity index (χ1n) is 7.04. The molecule has 1 amide bonds. The number of amides is 1. The minimum Gasteiger partial charge on any atom is -0.466 e. The Kier molecular flexibility index (Phi) is 5.20. The van der Waals surface area contributed by atoms with Gasteiger partial charge in [-0.1, -0.05) is 0 Å². The summed E-state index contributed by atoms with van der Waals surface area (Å²) in [4.78, 5) is 14.3. The Balaban J connectivity index is 1.83. The Morgan fingerprint density at radius 1 is 1.45 bits per heavy atom. The maximum Gasteiger partial charge on any atom is 0.257 e. The number of carbonyl (C=O) groups excluding carboxylic acids is 1. The van der Waals surface area contributed by atoms with E-state index < -0.39 is 0 Å². The zero-order chi connectivity index (χ0) is 14.5. The van der Waals surface area contributed by atoms with Gasteiger partial charge in [-0.15, -0.1) is 0 Å². The highest BCUT2D eigenvalue weighted by Crippen LogP contribution is 2.22. The largest absolute Gasteiger partial charge is 0.466 e. The first-order valence-corrected chi connectivity index (χ1v) is 7.04. The molecule has 1 aliphatic rings. The molecule has 0 unspecified atom stereocenters. The smallest absolute Gasteiger partial charge is 0.257 e. The van der Waals surface area contributed by atoms with E-state index in [0.717, 1.165) is 25.3 Å². The number of furan rings is 1. The quantitative estimate of drug-likeness (QED) is 0.749. The summed E-state index contributed by atoms with van der Waals surface area (Å²) in [5, 5.41) is 0. The maximum atomic E-state index is 12.4. The lowest BCUT2D eigenvalue weighted by atomic mass is 10.1. The summed E-state index contributed by atoms with van der Waals surface area (Å²) >= 11 is 0. The molecule has 1 aromatic rings. The molecule has 20 heavy (non-hydrogen) atoms. The van der Waals surface area contributed by atoms with Gasteiger partial charge in [0.15, 0.2) is 0 Å². The number of methoxy groups -OCH3 is 1. The van der Waals surface area contributed by atoms with Crippen LogP contribution in [0, 0.1) is 19.8 Å². The summed E-state index contributed by atoms with van der Waals surface area (Å²) in [7, 11) is 1.66. The SMILES string of the molecule is COCCOC[C@@H]1CCN(C(=O)c2cc(C)oc2C)C1. The minimum atomic E-state index is 0.0683. The summed E-state index contributed by atoms with van der Waals surface area (Å²) < 4.78 is 15.9. The maximum absolute atomic E-state index is 12.4.